The standard InChI is InChI=1S/C8H14N6O4S/c1-13(2)19(17,18)4-3-10-7-6(14(15)16)5-11-8(9)12-7/h5H,3-4H2,1-2H3,(H3,9,10,11,12). The maximum Gasteiger partial charge on any atom is 0.329 e. The molecule has 0 spiro atoms. The molecule has 0 fully saturated rings. The van der Waals surface area contributed by atoms with Crippen LogP contribution in [0.15, 0.2) is 6.20 Å². The molecule has 0 saturated carbocycles. The van der Waals surface area contributed by atoms with E-state index in [0.29, 0.717) is 0 Å². The first-order chi connectivity index (χ1) is 8.74. The number of nitrogens with zero attached hydrogens (tertiary/aromatic N) is 4. The van der Waals surface area contributed by atoms with Crippen molar-refractivity contribution >= 4 is 27.5 Å². The molecule has 0 bridgehead atoms. The molecule has 10 nitrogen and oxygen atoms in total. The summed E-state index contributed by atoms with van der Waals surface area (Å²) in [7, 11) is -0.579. The van der Waals surface area contributed by atoms with Gasteiger partial charge < -0.3 is 11.1 Å². The number of nitrogens with one attached hydrogen (secondary N) is 1. The van der Waals surface area contributed by atoms with Crippen molar-refractivity contribution in [3.05, 3.63) is 16.3 Å². The summed E-state index contributed by atoms with van der Waals surface area (Å²) in [6.07, 6.45) is 0.963. The van der Waals surface area contributed by atoms with Crippen molar-refractivity contribution in [2.45, 2.75) is 0 Å². The molecule has 0 aliphatic heterocycles. The number of nitrogen functional groups attached to an aromatic ring is 1. The van der Waals surface area contributed by atoms with Crippen LogP contribution in [0.2, 0.25) is 0 Å². The van der Waals surface area contributed by atoms with Crippen LogP contribution in [0.25, 0.3) is 0 Å². The third-order valence-corrected chi connectivity index (χ3v) is 4.03. The lowest BCUT2D eigenvalue weighted by atomic mass is 10.4. The average molecular weight is 290 g/mol. The lowest BCUT2D eigenvalue weighted by molar-refractivity contribution is -0.384. The van der Waals surface area contributed by atoms with E-state index in [2.05, 4.69) is 15.3 Å². The minimum absolute atomic E-state index is 0.0300. The fraction of sp³-hybridized carbons (Fsp3) is 0.500. The molecule has 0 amide bonds. The molecular weight excluding hydrogens is 276 g/mol. The zero-order valence-corrected chi connectivity index (χ0v) is 11.2. The first-order valence-electron chi connectivity index (χ1n) is 5.15. The molecule has 1 heterocycles. The molecule has 0 saturated heterocycles. The Balaban J connectivity index is 2.78. The molecule has 0 aliphatic carbocycles. The van der Waals surface area contributed by atoms with Crippen LogP contribution in [0.1, 0.15) is 0 Å². The van der Waals surface area contributed by atoms with Gasteiger partial charge in [0, 0.05) is 20.6 Å². The second kappa shape index (κ2) is 5.75. The Bertz CT molecular complexity index is 573. The first-order valence-corrected chi connectivity index (χ1v) is 6.76. The fourth-order valence-corrected chi connectivity index (χ4v) is 1.86. The van der Waals surface area contributed by atoms with E-state index in [0.717, 1.165) is 10.5 Å². The van der Waals surface area contributed by atoms with Crippen LogP contribution in [0.3, 0.4) is 0 Å². The monoisotopic (exact) mass is 290 g/mol. The molecular formula is C8H14N6O4S. The summed E-state index contributed by atoms with van der Waals surface area (Å²) < 4.78 is 24.1. The van der Waals surface area contributed by atoms with Crippen LogP contribution in [0.4, 0.5) is 17.5 Å². The SMILES string of the molecule is CN(C)S(=O)(=O)CCNc1nc(N)ncc1[N+](=O)[O-]. The quantitative estimate of drug-likeness (QED) is 0.515. The van der Waals surface area contributed by atoms with E-state index in [1.54, 1.807) is 0 Å². The van der Waals surface area contributed by atoms with Crippen molar-refractivity contribution in [1.29, 1.82) is 0 Å². The van der Waals surface area contributed by atoms with E-state index in [1.165, 1.54) is 14.1 Å². The number of hydrogen-bond acceptors (Lipinski definition) is 8. The largest absolute Gasteiger partial charge is 0.368 e. The van der Waals surface area contributed by atoms with Crippen LogP contribution in [-0.2, 0) is 10.0 Å². The second-order valence-electron chi connectivity index (χ2n) is 3.74. The maximum absolute atomic E-state index is 11.5. The Kier molecular flexibility index (Phi) is 4.56. The number of anilines is 2. The van der Waals surface area contributed by atoms with Gasteiger partial charge in [0.2, 0.25) is 21.8 Å². The normalized spacial score (nSPS) is 11.5. The van der Waals surface area contributed by atoms with Crippen LogP contribution in [-0.4, -0.2) is 54.0 Å². The van der Waals surface area contributed by atoms with E-state index >= 15 is 0 Å². The van der Waals surface area contributed by atoms with Crippen molar-refractivity contribution in [2.24, 2.45) is 0 Å². The minimum Gasteiger partial charge on any atom is -0.368 e. The van der Waals surface area contributed by atoms with E-state index in [4.69, 9.17) is 5.73 Å². The molecule has 1 aromatic heterocycles. The fourth-order valence-electron chi connectivity index (χ4n) is 1.13. The number of hydrogen-bond donors (Lipinski definition) is 2. The topological polar surface area (TPSA) is 144 Å². The summed E-state index contributed by atoms with van der Waals surface area (Å²) in [4.78, 5) is 17.2. The molecule has 0 unspecified atom stereocenters. The van der Waals surface area contributed by atoms with Gasteiger partial charge in [-0.1, -0.05) is 0 Å². The molecule has 0 atom stereocenters. The summed E-state index contributed by atoms with van der Waals surface area (Å²) in [6, 6.07) is 0. The van der Waals surface area contributed by atoms with Gasteiger partial charge in [-0.05, 0) is 0 Å². The molecule has 0 aromatic carbocycles. The van der Waals surface area contributed by atoms with Gasteiger partial charge in [0.25, 0.3) is 0 Å². The highest BCUT2D eigenvalue weighted by Gasteiger charge is 2.18. The lowest BCUT2D eigenvalue weighted by Crippen LogP contribution is -2.28. The predicted octanol–water partition coefficient (Wildman–Crippen LogP) is -0.730. The van der Waals surface area contributed by atoms with Crippen molar-refractivity contribution in [1.82, 2.24) is 14.3 Å². The van der Waals surface area contributed by atoms with Crippen molar-refractivity contribution in [3.8, 4) is 0 Å². The van der Waals surface area contributed by atoms with Gasteiger partial charge in [-0.25, -0.2) is 17.7 Å². The molecule has 3 N–H and O–H groups in total. The highest BCUT2D eigenvalue weighted by Crippen LogP contribution is 2.20. The van der Waals surface area contributed by atoms with E-state index in [1.807, 2.05) is 0 Å². The highest BCUT2D eigenvalue weighted by molar-refractivity contribution is 7.89. The molecule has 1 rings (SSSR count). The summed E-state index contributed by atoms with van der Waals surface area (Å²) in [5.41, 5.74) is 4.96. The van der Waals surface area contributed by atoms with Gasteiger partial charge in [-0.2, -0.15) is 4.98 Å². The summed E-state index contributed by atoms with van der Waals surface area (Å²) >= 11 is 0. The van der Waals surface area contributed by atoms with Crippen LogP contribution in [0, 0.1) is 10.1 Å². The average Bonchev–Trinajstić information content (AvgIpc) is 2.28. The zero-order chi connectivity index (χ0) is 14.6. The Labute approximate surface area is 109 Å². The number of aromatic nitrogens is 2. The van der Waals surface area contributed by atoms with Gasteiger partial charge in [0.15, 0.2) is 0 Å². The summed E-state index contributed by atoms with van der Waals surface area (Å²) in [5, 5.41) is 13.3. The summed E-state index contributed by atoms with van der Waals surface area (Å²) in [6.45, 7) is -0.0300. The second-order valence-corrected chi connectivity index (χ2v) is 6.05. The zero-order valence-electron chi connectivity index (χ0n) is 10.4. The number of sulfonamides is 1. The predicted molar refractivity (Wildman–Crippen MR) is 69.1 cm³/mol. The van der Waals surface area contributed by atoms with E-state index < -0.39 is 14.9 Å². The molecule has 1 aromatic rings. The van der Waals surface area contributed by atoms with E-state index in [9.17, 15) is 18.5 Å². The van der Waals surface area contributed by atoms with Crippen LogP contribution in [0.5, 0.6) is 0 Å². The third kappa shape index (κ3) is 3.99. The Morgan fingerprint density at radius 2 is 2.16 bits per heavy atom. The lowest BCUT2D eigenvalue weighted by Gasteiger charge is -2.11. The van der Waals surface area contributed by atoms with Crippen molar-refractivity contribution in [3.63, 3.8) is 0 Å². The summed E-state index contributed by atoms with van der Waals surface area (Å²) in [5.74, 6) is -0.462. The maximum atomic E-state index is 11.5. The molecule has 0 aliphatic rings. The molecule has 19 heavy (non-hydrogen) atoms. The smallest absolute Gasteiger partial charge is 0.329 e. The Morgan fingerprint density at radius 1 is 1.53 bits per heavy atom. The molecule has 106 valence electrons. The molecule has 11 heteroatoms. The third-order valence-electron chi connectivity index (χ3n) is 2.19. The van der Waals surface area contributed by atoms with Crippen LogP contribution < -0.4 is 11.1 Å². The van der Waals surface area contributed by atoms with Crippen molar-refractivity contribution < 1.29 is 13.3 Å². The minimum atomic E-state index is -3.39. The van der Waals surface area contributed by atoms with Crippen LogP contribution >= 0.6 is 0 Å². The number of rotatable bonds is 6. The van der Waals surface area contributed by atoms with Gasteiger partial charge in [0.05, 0.1) is 10.7 Å². The van der Waals surface area contributed by atoms with Gasteiger partial charge in [-0.3, -0.25) is 10.1 Å². The first kappa shape index (κ1) is 15.0. The number of nitro groups is 1. The Morgan fingerprint density at radius 3 is 2.68 bits per heavy atom. The van der Waals surface area contributed by atoms with Gasteiger partial charge in [-0.15, -0.1) is 0 Å². The number of nitrogens with two attached hydrogens (primary N) is 1. The van der Waals surface area contributed by atoms with Gasteiger partial charge >= 0.3 is 5.69 Å². The highest BCUT2D eigenvalue weighted by atomic mass is 32.2. The van der Waals surface area contributed by atoms with Crippen molar-refractivity contribution in [2.75, 3.05) is 37.4 Å². The van der Waals surface area contributed by atoms with Gasteiger partial charge in [0.1, 0.15) is 6.20 Å². The Hall–Kier alpha value is -2.01. The van der Waals surface area contributed by atoms with E-state index in [-0.39, 0.29) is 29.8 Å². The molecule has 0 radical (unpaired) electrons.